The first-order valence-electron chi connectivity index (χ1n) is 6.86. The van der Waals surface area contributed by atoms with Crippen LogP contribution in [0.1, 0.15) is 63.5 Å². The third kappa shape index (κ3) is 6.20. The number of esters is 1. The number of carboxylic acids is 1. The first-order chi connectivity index (χ1) is 9.32. The Morgan fingerprint density at radius 3 is 1.90 bits per heavy atom. The minimum Gasteiger partial charge on any atom is -0.550 e. The van der Waals surface area contributed by atoms with Crippen molar-refractivity contribution in [3.05, 3.63) is 29.3 Å². The van der Waals surface area contributed by atoms with Crippen LogP contribution >= 0.6 is 0 Å². The molecule has 0 atom stereocenters. The van der Waals surface area contributed by atoms with Gasteiger partial charge in [-0.15, -0.1) is 0 Å². The standard InChI is InChI=1S/C16H22O4.Na/c1-10(2)12-6-5-7-13(11(3)4)16(12)20-15(19)9-8-14(17)18;/h5-7,10-11H,8-9H2,1-4H3,(H,17,18);/q;+1/p-1. The number of carboxylic acid groups (broad SMARTS) is 1. The molecule has 5 heteroatoms. The van der Waals surface area contributed by atoms with Crippen LogP contribution in [0.15, 0.2) is 18.2 Å². The molecule has 0 saturated heterocycles. The van der Waals surface area contributed by atoms with E-state index in [1.165, 1.54) is 0 Å². The van der Waals surface area contributed by atoms with Gasteiger partial charge in [-0.25, -0.2) is 0 Å². The molecule has 0 aliphatic carbocycles. The van der Waals surface area contributed by atoms with Crippen LogP contribution in [0.4, 0.5) is 0 Å². The van der Waals surface area contributed by atoms with Crippen molar-refractivity contribution in [2.45, 2.75) is 52.4 Å². The second-order valence-corrected chi connectivity index (χ2v) is 5.42. The molecule has 0 fully saturated rings. The Balaban J connectivity index is 0.00000400. The molecule has 0 aliphatic rings. The van der Waals surface area contributed by atoms with E-state index in [-0.39, 0.29) is 54.2 Å². The van der Waals surface area contributed by atoms with Crippen LogP contribution in [0.25, 0.3) is 0 Å². The van der Waals surface area contributed by atoms with Crippen LogP contribution in [-0.2, 0) is 9.59 Å². The third-order valence-corrected chi connectivity index (χ3v) is 3.07. The van der Waals surface area contributed by atoms with Gasteiger partial charge >= 0.3 is 35.5 Å². The summed E-state index contributed by atoms with van der Waals surface area (Å²) in [4.78, 5) is 22.1. The average Bonchev–Trinajstić information content (AvgIpc) is 2.36. The molecule has 4 nitrogen and oxygen atoms in total. The molecular weight excluding hydrogens is 279 g/mol. The summed E-state index contributed by atoms with van der Waals surface area (Å²) < 4.78 is 5.42. The molecule has 0 unspecified atom stereocenters. The fraction of sp³-hybridized carbons (Fsp3) is 0.500. The maximum Gasteiger partial charge on any atom is 1.00 e. The Labute approximate surface area is 148 Å². The SMILES string of the molecule is CC(C)c1cccc(C(C)C)c1OC(=O)CCC(=O)[O-].[Na+]. The molecule has 0 radical (unpaired) electrons. The molecule has 1 aromatic rings. The van der Waals surface area contributed by atoms with Crippen molar-refractivity contribution in [1.82, 2.24) is 0 Å². The van der Waals surface area contributed by atoms with Gasteiger partial charge in [-0.3, -0.25) is 4.79 Å². The maximum absolute atomic E-state index is 11.8. The Kier molecular flexibility index (Phi) is 8.86. The number of rotatable bonds is 6. The fourth-order valence-electron chi connectivity index (χ4n) is 1.97. The van der Waals surface area contributed by atoms with Gasteiger partial charge in [0.2, 0.25) is 0 Å². The van der Waals surface area contributed by atoms with Gasteiger partial charge in [-0.2, -0.15) is 0 Å². The normalized spacial score (nSPS) is 10.4. The average molecular weight is 300 g/mol. The van der Waals surface area contributed by atoms with Gasteiger partial charge < -0.3 is 14.6 Å². The van der Waals surface area contributed by atoms with Crippen LogP contribution in [0.2, 0.25) is 0 Å². The van der Waals surface area contributed by atoms with Gasteiger partial charge in [0, 0.05) is 5.97 Å². The molecule has 0 saturated carbocycles. The molecule has 110 valence electrons. The topological polar surface area (TPSA) is 66.4 Å². The monoisotopic (exact) mass is 300 g/mol. The van der Waals surface area contributed by atoms with Crippen molar-refractivity contribution in [1.29, 1.82) is 0 Å². The summed E-state index contributed by atoms with van der Waals surface area (Å²) in [6.45, 7) is 8.10. The number of ether oxygens (including phenoxy) is 1. The van der Waals surface area contributed by atoms with E-state index in [4.69, 9.17) is 4.74 Å². The van der Waals surface area contributed by atoms with Gasteiger partial charge in [0.15, 0.2) is 0 Å². The Morgan fingerprint density at radius 1 is 1.05 bits per heavy atom. The molecule has 0 N–H and O–H groups in total. The van der Waals surface area contributed by atoms with E-state index < -0.39 is 11.9 Å². The Morgan fingerprint density at radius 2 is 1.52 bits per heavy atom. The van der Waals surface area contributed by atoms with E-state index in [0.29, 0.717) is 5.75 Å². The Bertz CT molecular complexity index is 469. The number of carbonyl (C=O) groups is 2. The summed E-state index contributed by atoms with van der Waals surface area (Å²) in [7, 11) is 0. The van der Waals surface area contributed by atoms with Crippen LogP contribution in [0.5, 0.6) is 5.75 Å². The molecule has 0 spiro atoms. The van der Waals surface area contributed by atoms with Crippen LogP contribution in [0, 0.1) is 0 Å². The molecule has 1 aromatic carbocycles. The fourth-order valence-corrected chi connectivity index (χ4v) is 1.97. The molecule has 1 rings (SSSR count). The van der Waals surface area contributed by atoms with E-state index >= 15 is 0 Å². The van der Waals surface area contributed by atoms with Crippen LogP contribution in [-0.4, -0.2) is 11.9 Å². The zero-order valence-corrected chi connectivity index (χ0v) is 15.4. The van der Waals surface area contributed by atoms with Gasteiger partial charge in [-0.05, 0) is 29.4 Å². The van der Waals surface area contributed by atoms with E-state index in [1.807, 2.05) is 45.9 Å². The molecule has 0 aliphatic heterocycles. The maximum atomic E-state index is 11.8. The zero-order valence-electron chi connectivity index (χ0n) is 13.4. The number of benzene rings is 1. The van der Waals surface area contributed by atoms with Gasteiger partial charge in [0.25, 0.3) is 0 Å². The summed E-state index contributed by atoms with van der Waals surface area (Å²) in [5, 5.41) is 10.4. The zero-order chi connectivity index (χ0) is 15.3. The second kappa shape index (κ2) is 9.23. The van der Waals surface area contributed by atoms with Crippen molar-refractivity contribution in [2.75, 3.05) is 0 Å². The minimum absolute atomic E-state index is 0. The van der Waals surface area contributed by atoms with Gasteiger partial charge in [-0.1, -0.05) is 45.9 Å². The van der Waals surface area contributed by atoms with Gasteiger partial charge in [0.05, 0.1) is 6.42 Å². The summed E-state index contributed by atoms with van der Waals surface area (Å²) in [5.74, 6) is -0.775. The van der Waals surface area contributed by atoms with E-state index in [0.717, 1.165) is 11.1 Å². The minimum atomic E-state index is -1.25. The molecule has 0 bridgehead atoms. The van der Waals surface area contributed by atoms with Crippen LogP contribution in [0.3, 0.4) is 0 Å². The first-order valence-corrected chi connectivity index (χ1v) is 6.86. The molecular formula is C16H21NaO4. The van der Waals surface area contributed by atoms with E-state index in [9.17, 15) is 14.7 Å². The number of aliphatic carboxylic acids is 1. The predicted octanol–water partition coefficient (Wildman–Crippen LogP) is -0.627. The smallest absolute Gasteiger partial charge is 0.550 e. The van der Waals surface area contributed by atoms with E-state index in [1.54, 1.807) is 0 Å². The number of hydrogen-bond acceptors (Lipinski definition) is 4. The van der Waals surface area contributed by atoms with E-state index in [2.05, 4.69) is 0 Å². The molecule has 0 amide bonds. The molecule has 0 aromatic heterocycles. The quantitative estimate of drug-likeness (QED) is 0.399. The summed E-state index contributed by atoms with van der Waals surface area (Å²) in [6, 6.07) is 5.80. The Hall–Kier alpha value is -0.840. The van der Waals surface area contributed by atoms with Crippen LogP contribution < -0.4 is 39.4 Å². The second-order valence-electron chi connectivity index (χ2n) is 5.42. The number of hydrogen-bond donors (Lipinski definition) is 0. The molecule has 21 heavy (non-hydrogen) atoms. The number of para-hydroxylation sites is 1. The first kappa shape index (κ1) is 20.2. The summed E-state index contributed by atoms with van der Waals surface area (Å²) >= 11 is 0. The van der Waals surface area contributed by atoms with Crippen molar-refractivity contribution >= 4 is 11.9 Å². The van der Waals surface area contributed by atoms with Crippen molar-refractivity contribution in [3.63, 3.8) is 0 Å². The predicted molar refractivity (Wildman–Crippen MR) is 74.5 cm³/mol. The van der Waals surface area contributed by atoms with Crippen molar-refractivity contribution in [2.24, 2.45) is 0 Å². The molecule has 0 heterocycles. The van der Waals surface area contributed by atoms with Crippen molar-refractivity contribution in [3.8, 4) is 5.75 Å². The van der Waals surface area contributed by atoms with Gasteiger partial charge in [0.1, 0.15) is 5.75 Å². The van der Waals surface area contributed by atoms with Crippen molar-refractivity contribution < 1.29 is 49.0 Å². The number of carbonyl (C=O) groups excluding carboxylic acids is 2. The summed E-state index contributed by atoms with van der Waals surface area (Å²) in [5.41, 5.74) is 1.91. The third-order valence-electron chi connectivity index (χ3n) is 3.07. The largest absolute Gasteiger partial charge is 1.00 e. The summed E-state index contributed by atoms with van der Waals surface area (Å²) in [6.07, 6.45) is -0.494.